The van der Waals surface area contributed by atoms with E-state index in [0.29, 0.717) is 16.3 Å². The third kappa shape index (κ3) is 5.14. The van der Waals surface area contributed by atoms with Crippen molar-refractivity contribution in [2.45, 2.75) is 25.2 Å². The van der Waals surface area contributed by atoms with Crippen molar-refractivity contribution >= 4 is 22.8 Å². The minimum Gasteiger partial charge on any atom is -0.478 e. The number of aromatic carboxylic acids is 1. The Morgan fingerprint density at radius 2 is 1.60 bits per heavy atom. The number of rotatable bonds is 8. The monoisotopic (exact) mass is 409 g/mol. The molecule has 0 aliphatic heterocycles. The average molecular weight is 409 g/mol. The number of aliphatic hydroxyl groups excluding tert-OH is 2. The first-order valence-corrected chi connectivity index (χ1v) is 9.53. The molecule has 0 radical (unpaired) electrons. The normalized spacial score (nSPS) is 12.9. The Morgan fingerprint density at radius 1 is 0.900 bits per heavy atom. The quantitative estimate of drug-likeness (QED) is 0.454. The molecule has 30 heavy (non-hydrogen) atoms. The average Bonchev–Trinajstić information content (AvgIpc) is 2.76. The highest BCUT2D eigenvalue weighted by Crippen LogP contribution is 2.29. The fourth-order valence-corrected chi connectivity index (χ4v) is 3.24. The maximum absolute atomic E-state index is 11.8. The highest BCUT2D eigenvalue weighted by molar-refractivity contribution is 6.04. The SMILES string of the molecule is O=C(NCCC(O)C(O)c1cccc2c(C(=O)O)cccc12)OCc1ccccc1. The fourth-order valence-electron chi connectivity index (χ4n) is 3.24. The fraction of sp³-hybridized carbons (Fsp3) is 0.217. The summed E-state index contributed by atoms with van der Waals surface area (Å²) in [5.74, 6) is -1.06. The van der Waals surface area contributed by atoms with Gasteiger partial charge in [-0.1, -0.05) is 60.7 Å². The van der Waals surface area contributed by atoms with Crippen LogP contribution in [0, 0.1) is 0 Å². The van der Waals surface area contributed by atoms with Gasteiger partial charge in [0.05, 0.1) is 11.7 Å². The van der Waals surface area contributed by atoms with Gasteiger partial charge in [-0.2, -0.15) is 0 Å². The van der Waals surface area contributed by atoms with Crippen LogP contribution >= 0.6 is 0 Å². The summed E-state index contributed by atoms with van der Waals surface area (Å²) in [4.78, 5) is 23.2. The number of carbonyl (C=O) groups is 2. The maximum atomic E-state index is 11.8. The molecule has 0 fully saturated rings. The summed E-state index contributed by atoms with van der Waals surface area (Å²) >= 11 is 0. The van der Waals surface area contributed by atoms with E-state index in [2.05, 4.69) is 5.32 Å². The number of alkyl carbamates (subject to hydrolysis) is 1. The maximum Gasteiger partial charge on any atom is 0.407 e. The molecule has 1 amide bonds. The first-order chi connectivity index (χ1) is 14.5. The van der Waals surface area contributed by atoms with E-state index in [9.17, 15) is 24.9 Å². The molecule has 0 spiro atoms. The molecular formula is C23H23NO6. The summed E-state index contributed by atoms with van der Waals surface area (Å²) in [7, 11) is 0. The zero-order chi connectivity index (χ0) is 21.5. The Morgan fingerprint density at radius 3 is 2.33 bits per heavy atom. The highest BCUT2D eigenvalue weighted by Gasteiger charge is 2.21. The Labute approximate surface area is 173 Å². The number of ether oxygens (including phenoxy) is 1. The van der Waals surface area contributed by atoms with Crippen molar-refractivity contribution in [3.8, 4) is 0 Å². The van der Waals surface area contributed by atoms with Gasteiger partial charge in [-0.15, -0.1) is 0 Å². The number of aliphatic hydroxyl groups is 2. The summed E-state index contributed by atoms with van der Waals surface area (Å²) in [6, 6.07) is 19.0. The molecule has 0 saturated heterocycles. The molecule has 3 aromatic rings. The smallest absolute Gasteiger partial charge is 0.407 e. The molecule has 2 unspecified atom stereocenters. The van der Waals surface area contributed by atoms with E-state index < -0.39 is 24.3 Å². The molecule has 156 valence electrons. The summed E-state index contributed by atoms with van der Waals surface area (Å²) in [6.45, 7) is 0.247. The van der Waals surface area contributed by atoms with E-state index in [1.54, 1.807) is 30.3 Å². The third-order valence-electron chi connectivity index (χ3n) is 4.79. The minimum absolute atomic E-state index is 0.0939. The number of hydrogen-bond acceptors (Lipinski definition) is 5. The number of hydrogen-bond donors (Lipinski definition) is 4. The van der Waals surface area contributed by atoms with Gasteiger partial charge >= 0.3 is 12.1 Å². The molecular weight excluding hydrogens is 386 g/mol. The van der Waals surface area contributed by atoms with Crippen LogP contribution in [-0.2, 0) is 11.3 Å². The summed E-state index contributed by atoms with van der Waals surface area (Å²) in [5.41, 5.74) is 1.41. The second-order valence-electron chi connectivity index (χ2n) is 6.84. The van der Waals surface area contributed by atoms with Crippen molar-refractivity contribution in [1.29, 1.82) is 0 Å². The lowest BCUT2D eigenvalue weighted by atomic mass is 9.94. The van der Waals surface area contributed by atoms with E-state index >= 15 is 0 Å². The zero-order valence-corrected chi connectivity index (χ0v) is 16.2. The number of carboxylic acids is 1. The number of carbonyl (C=O) groups excluding carboxylic acids is 1. The molecule has 4 N–H and O–H groups in total. The van der Waals surface area contributed by atoms with Crippen LogP contribution in [0.1, 0.15) is 34.0 Å². The van der Waals surface area contributed by atoms with Crippen molar-refractivity contribution in [2.75, 3.05) is 6.54 Å². The number of amides is 1. The van der Waals surface area contributed by atoms with E-state index in [0.717, 1.165) is 5.56 Å². The summed E-state index contributed by atoms with van der Waals surface area (Å²) < 4.78 is 5.10. The van der Waals surface area contributed by atoms with Crippen LogP contribution < -0.4 is 5.32 Å². The van der Waals surface area contributed by atoms with Crippen molar-refractivity contribution in [3.63, 3.8) is 0 Å². The van der Waals surface area contributed by atoms with Crippen molar-refractivity contribution in [2.24, 2.45) is 0 Å². The molecule has 2 atom stereocenters. The van der Waals surface area contributed by atoms with Crippen LogP contribution in [0.25, 0.3) is 10.8 Å². The number of carboxylic acid groups (broad SMARTS) is 1. The molecule has 0 saturated carbocycles. The van der Waals surface area contributed by atoms with E-state index in [-0.39, 0.29) is 25.1 Å². The lowest BCUT2D eigenvalue weighted by molar-refractivity contribution is 0.0145. The van der Waals surface area contributed by atoms with Gasteiger partial charge in [-0.25, -0.2) is 9.59 Å². The van der Waals surface area contributed by atoms with Gasteiger partial charge in [0.1, 0.15) is 12.7 Å². The minimum atomic E-state index is -1.24. The summed E-state index contributed by atoms with van der Waals surface area (Å²) in [5, 5.41) is 33.9. The Hall–Kier alpha value is -3.42. The van der Waals surface area contributed by atoms with Crippen LogP contribution in [0.15, 0.2) is 66.7 Å². The number of nitrogens with one attached hydrogen (secondary N) is 1. The number of fused-ring (bicyclic) bond motifs is 1. The first-order valence-electron chi connectivity index (χ1n) is 9.53. The second kappa shape index (κ2) is 9.87. The Kier molecular flexibility index (Phi) is 7.00. The topological polar surface area (TPSA) is 116 Å². The molecule has 7 nitrogen and oxygen atoms in total. The summed E-state index contributed by atoms with van der Waals surface area (Å²) in [6.07, 6.45) is -2.91. The predicted molar refractivity (Wildman–Crippen MR) is 111 cm³/mol. The highest BCUT2D eigenvalue weighted by atomic mass is 16.5. The molecule has 0 heterocycles. The molecule has 3 rings (SSSR count). The van der Waals surface area contributed by atoms with Crippen LogP contribution in [0.4, 0.5) is 4.79 Å². The van der Waals surface area contributed by atoms with Crippen LogP contribution in [0.3, 0.4) is 0 Å². The van der Waals surface area contributed by atoms with E-state index in [4.69, 9.17) is 4.74 Å². The van der Waals surface area contributed by atoms with Crippen molar-refractivity contribution < 1.29 is 29.6 Å². The molecule has 0 aliphatic carbocycles. The van der Waals surface area contributed by atoms with Gasteiger partial charge in [0.2, 0.25) is 0 Å². The van der Waals surface area contributed by atoms with Crippen molar-refractivity contribution in [1.82, 2.24) is 5.32 Å². The van der Waals surface area contributed by atoms with Gasteiger partial charge in [-0.05, 0) is 34.4 Å². The van der Waals surface area contributed by atoms with Crippen LogP contribution in [0.5, 0.6) is 0 Å². The van der Waals surface area contributed by atoms with Gasteiger partial charge in [0.25, 0.3) is 0 Å². The third-order valence-corrected chi connectivity index (χ3v) is 4.79. The molecule has 0 aromatic heterocycles. The number of benzene rings is 3. The van der Waals surface area contributed by atoms with Crippen LogP contribution in [0.2, 0.25) is 0 Å². The van der Waals surface area contributed by atoms with Gasteiger partial charge < -0.3 is 25.4 Å². The zero-order valence-electron chi connectivity index (χ0n) is 16.2. The van der Waals surface area contributed by atoms with Gasteiger partial charge in [0.15, 0.2) is 0 Å². The Bertz CT molecular complexity index is 1020. The standard InChI is InChI=1S/C23H23NO6/c25-20(12-13-24-23(29)30-14-15-6-2-1-3-7-15)21(26)18-10-4-9-17-16(18)8-5-11-19(17)22(27)28/h1-11,20-21,25-26H,12-14H2,(H,24,29)(H,27,28). The predicted octanol–water partition coefficient (Wildman–Crippen LogP) is 3.25. The second-order valence-corrected chi connectivity index (χ2v) is 6.84. The van der Waals surface area contributed by atoms with Crippen LogP contribution in [-0.4, -0.2) is 40.0 Å². The van der Waals surface area contributed by atoms with E-state index in [1.807, 2.05) is 30.3 Å². The molecule has 7 heteroatoms. The van der Waals surface area contributed by atoms with E-state index in [1.165, 1.54) is 6.07 Å². The largest absolute Gasteiger partial charge is 0.478 e. The molecule has 0 bridgehead atoms. The Balaban J connectivity index is 1.57. The van der Waals surface area contributed by atoms with Crippen molar-refractivity contribution in [3.05, 3.63) is 83.4 Å². The lowest BCUT2D eigenvalue weighted by Gasteiger charge is -2.20. The van der Waals surface area contributed by atoms with Gasteiger partial charge in [0, 0.05) is 6.54 Å². The molecule has 3 aromatic carbocycles. The molecule has 0 aliphatic rings. The van der Waals surface area contributed by atoms with Gasteiger partial charge in [-0.3, -0.25) is 0 Å². The first kappa shape index (κ1) is 21.3. The lowest BCUT2D eigenvalue weighted by Crippen LogP contribution is -2.29.